The Hall–Kier alpha value is -3.03. The molecule has 1 aliphatic rings. The summed E-state index contributed by atoms with van der Waals surface area (Å²) >= 11 is 8.62. The van der Waals surface area contributed by atoms with Crippen LogP contribution in [0.5, 0.6) is 5.75 Å². The van der Waals surface area contributed by atoms with Crippen LogP contribution < -0.4 is 15.0 Å². The second kappa shape index (κ2) is 7.77. The lowest BCUT2D eigenvalue weighted by atomic mass is 9.99. The molecule has 0 radical (unpaired) electrons. The molecule has 0 atom stereocenters. The normalized spacial score (nSPS) is 15.7. The van der Waals surface area contributed by atoms with Crippen molar-refractivity contribution in [2.75, 3.05) is 12.0 Å². The van der Waals surface area contributed by atoms with E-state index in [9.17, 15) is 9.59 Å². The number of carbonyl (C=O) groups excluding carboxylic acids is 2. The van der Waals surface area contributed by atoms with Crippen LogP contribution in [0.3, 0.4) is 0 Å². The molecule has 0 aromatic heterocycles. The fourth-order valence-electron chi connectivity index (χ4n) is 3.23. The first-order valence-corrected chi connectivity index (χ1v) is 9.92. The predicted octanol–water partition coefficient (Wildman–Crippen LogP) is 4.44. The Kier molecular flexibility index (Phi) is 5.17. The molecule has 0 aliphatic carbocycles. The molecule has 2 amide bonds. The van der Waals surface area contributed by atoms with E-state index in [-0.39, 0.29) is 10.7 Å². The number of methoxy groups -OCH3 is 1. The third-order valence-corrected chi connectivity index (χ3v) is 5.44. The van der Waals surface area contributed by atoms with Gasteiger partial charge in [0.1, 0.15) is 11.3 Å². The topological polar surface area (TPSA) is 58.6 Å². The number of anilines is 1. The van der Waals surface area contributed by atoms with E-state index in [1.165, 1.54) is 4.90 Å². The molecule has 0 saturated carbocycles. The number of ether oxygens (including phenoxy) is 1. The van der Waals surface area contributed by atoms with Crippen molar-refractivity contribution in [2.24, 2.45) is 0 Å². The molecule has 0 unspecified atom stereocenters. The summed E-state index contributed by atoms with van der Waals surface area (Å²) in [4.78, 5) is 27.2. The highest BCUT2D eigenvalue weighted by Crippen LogP contribution is 2.31. The molecule has 3 aromatic carbocycles. The van der Waals surface area contributed by atoms with Crippen molar-refractivity contribution < 1.29 is 14.3 Å². The van der Waals surface area contributed by atoms with Crippen LogP contribution in [0.25, 0.3) is 16.8 Å². The molecule has 1 fully saturated rings. The molecular formula is C22H15BrN2O3S. The van der Waals surface area contributed by atoms with Gasteiger partial charge in [0.25, 0.3) is 11.8 Å². The number of fused-ring (bicyclic) bond motifs is 1. The smallest absolute Gasteiger partial charge is 0.270 e. The van der Waals surface area contributed by atoms with Crippen molar-refractivity contribution in [1.29, 1.82) is 0 Å². The van der Waals surface area contributed by atoms with Crippen LogP contribution >= 0.6 is 28.1 Å². The standard InChI is InChI=1S/C22H15BrN2O3S/c1-28-19-11-6-13-4-2-3-5-16(13)17(19)12-18-20(26)24-22(29)25(21(18)27)15-9-7-14(23)8-10-15/h2-12H,1H3,(H,24,26,29). The van der Waals surface area contributed by atoms with Gasteiger partial charge in [0.2, 0.25) is 0 Å². The Morgan fingerprint density at radius 2 is 1.76 bits per heavy atom. The number of hydrogen-bond acceptors (Lipinski definition) is 4. The van der Waals surface area contributed by atoms with Gasteiger partial charge in [-0.1, -0.05) is 46.3 Å². The van der Waals surface area contributed by atoms with E-state index >= 15 is 0 Å². The van der Waals surface area contributed by atoms with E-state index in [1.54, 1.807) is 37.5 Å². The third-order valence-electron chi connectivity index (χ3n) is 4.63. The molecule has 1 heterocycles. The molecule has 4 rings (SSSR count). The van der Waals surface area contributed by atoms with Crippen molar-refractivity contribution in [3.8, 4) is 5.75 Å². The zero-order valence-corrected chi connectivity index (χ0v) is 17.7. The van der Waals surface area contributed by atoms with Crippen LogP contribution in [0.15, 0.2) is 70.7 Å². The molecule has 1 N–H and O–H groups in total. The number of carbonyl (C=O) groups is 2. The summed E-state index contributed by atoms with van der Waals surface area (Å²) in [5.74, 6) is -0.459. The first-order valence-electron chi connectivity index (χ1n) is 8.72. The lowest BCUT2D eigenvalue weighted by Crippen LogP contribution is -2.54. The summed E-state index contributed by atoms with van der Waals surface area (Å²) in [6.07, 6.45) is 1.56. The summed E-state index contributed by atoms with van der Waals surface area (Å²) in [5, 5.41) is 4.51. The minimum absolute atomic E-state index is 0.0174. The highest BCUT2D eigenvalue weighted by Gasteiger charge is 2.34. The number of halogens is 1. The van der Waals surface area contributed by atoms with E-state index in [0.29, 0.717) is 17.0 Å². The summed E-state index contributed by atoms with van der Waals surface area (Å²) < 4.78 is 6.35. The predicted molar refractivity (Wildman–Crippen MR) is 121 cm³/mol. The number of thiocarbonyl (C=S) groups is 1. The number of nitrogens with zero attached hydrogens (tertiary/aromatic N) is 1. The fourth-order valence-corrected chi connectivity index (χ4v) is 3.77. The Balaban J connectivity index is 1.86. The zero-order valence-electron chi connectivity index (χ0n) is 15.3. The monoisotopic (exact) mass is 466 g/mol. The average Bonchev–Trinajstić information content (AvgIpc) is 2.72. The van der Waals surface area contributed by atoms with Crippen LogP contribution in [0.4, 0.5) is 5.69 Å². The molecule has 0 spiro atoms. The summed E-state index contributed by atoms with van der Waals surface area (Å²) in [5.41, 5.74) is 1.21. The van der Waals surface area contributed by atoms with Gasteiger partial charge in [0.05, 0.1) is 12.8 Å². The van der Waals surface area contributed by atoms with Gasteiger partial charge in [-0.2, -0.15) is 0 Å². The first-order chi connectivity index (χ1) is 14.0. The summed E-state index contributed by atoms with van der Waals surface area (Å²) in [6.45, 7) is 0. The van der Waals surface area contributed by atoms with Gasteiger partial charge in [-0.15, -0.1) is 0 Å². The van der Waals surface area contributed by atoms with E-state index in [0.717, 1.165) is 15.2 Å². The van der Waals surface area contributed by atoms with Crippen LogP contribution in [0.2, 0.25) is 0 Å². The molecule has 1 saturated heterocycles. The minimum atomic E-state index is -0.539. The second-order valence-electron chi connectivity index (χ2n) is 6.34. The van der Waals surface area contributed by atoms with Crippen molar-refractivity contribution in [2.45, 2.75) is 0 Å². The highest BCUT2D eigenvalue weighted by molar-refractivity contribution is 9.10. The van der Waals surface area contributed by atoms with Gasteiger partial charge in [0.15, 0.2) is 5.11 Å². The van der Waals surface area contributed by atoms with Crippen molar-refractivity contribution in [1.82, 2.24) is 5.32 Å². The van der Waals surface area contributed by atoms with Gasteiger partial charge >= 0.3 is 0 Å². The van der Waals surface area contributed by atoms with Crippen LogP contribution in [-0.2, 0) is 9.59 Å². The lowest BCUT2D eigenvalue weighted by molar-refractivity contribution is -0.122. The number of rotatable bonds is 3. The van der Waals surface area contributed by atoms with Gasteiger partial charge in [-0.25, -0.2) is 0 Å². The number of nitrogens with one attached hydrogen (secondary N) is 1. The Morgan fingerprint density at radius 3 is 2.48 bits per heavy atom. The average molecular weight is 467 g/mol. The van der Waals surface area contributed by atoms with Crippen molar-refractivity contribution >= 4 is 67.6 Å². The maximum absolute atomic E-state index is 13.2. The molecular weight excluding hydrogens is 452 g/mol. The molecule has 5 nitrogen and oxygen atoms in total. The first kappa shape index (κ1) is 19.3. The lowest BCUT2D eigenvalue weighted by Gasteiger charge is -2.29. The van der Waals surface area contributed by atoms with Gasteiger partial charge < -0.3 is 4.74 Å². The maximum atomic E-state index is 13.2. The Labute approximate surface area is 181 Å². The molecule has 29 heavy (non-hydrogen) atoms. The van der Waals surface area contributed by atoms with Crippen LogP contribution in [0.1, 0.15) is 5.56 Å². The van der Waals surface area contributed by atoms with Gasteiger partial charge in [-0.3, -0.25) is 19.8 Å². The van der Waals surface area contributed by atoms with Crippen LogP contribution in [0, 0.1) is 0 Å². The van der Waals surface area contributed by atoms with Crippen LogP contribution in [-0.4, -0.2) is 24.0 Å². The van der Waals surface area contributed by atoms with E-state index < -0.39 is 11.8 Å². The number of amides is 2. The third kappa shape index (κ3) is 3.54. The minimum Gasteiger partial charge on any atom is -0.496 e. The SMILES string of the molecule is COc1ccc2ccccc2c1C=C1C(=O)NC(=S)N(c2ccc(Br)cc2)C1=O. The van der Waals surface area contributed by atoms with Crippen molar-refractivity contribution in [3.05, 3.63) is 76.3 Å². The molecule has 7 heteroatoms. The highest BCUT2D eigenvalue weighted by atomic mass is 79.9. The number of hydrogen-bond donors (Lipinski definition) is 1. The van der Waals surface area contributed by atoms with E-state index in [2.05, 4.69) is 21.2 Å². The maximum Gasteiger partial charge on any atom is 0.270 e. The van der Waals surface area contributed by atoms with Gasteiger partial charge in [-0.05, 0) is 59.4 Å². The molecule has 144 valence electrons. The second-order valence-corrected chi connectivity index (χ2v) is 7.64. The van der Waals surface area contributed by atoms with E-state index in [1.807, 2.05) is 36.4 Å². The molecule has 3 aromatic rings. The van der Waals surface area contributed by atoms with E-state index in [4.69, 9.17) is 17.0 Å². The summed E-state index contributed by atoms with van der Waals surface area (Å²) in [6, 6.07) is 18.6. The fraction of sp³-hybridized carbons (Fsp3) is 0.0455. The van der Waals surface area contributed by atoms with Gasteiger partial charge in [0, 0.05) is 10.0 Å². The zero-order chi connectivity index (χ0) is 20.5. The Morgan fingerprint density at radius 1 is 1.03 bits per heavy atom. The van der Waals surface area contributed by atoms with Crippen molar-refractivity contribution in [3.63, 3.8) is 0 Å². The quantitative estimate of drug-likeness (QED) is 0.352. The molecule has 1 aliphatic heterocycles. The largest absolute Gasteiger partial charge is 0.496 e. The number of benzene rings is 3. The Bertz CT molecular complexity index is 1190. The summed E-state index contributed by atoms with van der Waals surface area (Å²) in [7, 11) is 1.55. The molecule has 0 bridgehead atoms.